The molecule has 1 N–H and O–H groups in total. The highest BCUT2D eigenvalue weighted by Crippen LogP contribution is 2.34. The summed E-state index contributed by atoms with van der Waals surface area (Å²) in [6.07, 6.45) is 0.758. The van der Waals surface area contributed by atoms with Gasteiger partial charge in [-0.3, -0.25) is 9.59 Å². The van der Waals surface area contributed by atoms with Crippen LogP contribution >= 0.6 is 0 Å². The Bertz CT molecular complexity index is 888. The molecule has 4 nitrogen and oxygen atoms in total. The predicted octanol–water partition coefficient (Wildman–Crippen LogP) is 4.15. The van der Waals surface area contributed by atoms with Crippen molar-refractivity contribution in [3.8, 4) is 0 Å². The van der Waals surface area contributed by atoms with Crippen LogP contribution in [0.5, 0.6) is 0 Å². The van der Waals surface area contributed by atoms with Gasteiger partial charge in [-0.2, -0.15) is 0 Å². The molecule has 2 aromatic rings. The van der Waals surface area contributed by atoms with Gasteiger partial charge in [0.1, 0.15) is 0 Å². The second-order valence-electron chi connectivity index (χ2n) is 7.38. The SMILES string of the molecule is CC(C)(C)C(=O)N1CCc2ccc(NC(=O)c3ccc(F)c(F)c3)cc21. The van der Waals surface area contributed by atoms with Gasteiger partial charge in [-0.15, -0.1) is 0 Å². The number of carbonyl (C=O) groups is 2. The molecule has 1 aliphatic rings. The number of hydrogen-bond donors (Lipinski definition) is 1. The van der Waals surface area contributed by atoms with Gasteiger partial charge in [0.15, 0.2) is 11.6 Å². The number of hydrogen-bond acceptors (Lipinski definition) is 2. The molecule has 6 heteroatoms. The maximum Gasteiger partial charge on any atom is 0.255 e. The molecule has 2 amide bonds. The van der Waals surface area contributed by atoms with Crippen molar-refractivity contribution < 1.29 is 18.4 Å². The first kappa shape index (κ1) is 18.0. The number of benzene rings is 2. The van der Waals surface area contributed by atoms with E-state index in [1.807, 2.05) is 26.8 Å². The van der Waals surface area contributed by atoms with E-state index in [1.54, 1.807) is 17.0 Å². The molecule has 0 fully saturated rings. The van der Waals surface area contributed by atoms with Gasteiger partial charge in [0, 0.05) is 28.9 Å². The van der Waals surface area contributed by atoms with Crippen LogP contribution in [-0.4, -0.2) is 18.4 Å². The number of amides is 2. The van der Waals surface area contributed by atoms with Gasteiger partial charge in [0.2, 0.25) is 5.91 Å². The normalized spacial score (nSPS) is 13.5. The smallest absolute Gasteiger partial charge is 0.255 e. The molecule has 0 unspecified atom stereocenters. The van der Waals surface area contributed by atoms with Gasteiger partial charge in [-0.1, -0.05) is 26.8 Å². The molecule has 26 heavy (non-hydrogen) atoms. The lowest BCUT2D eigenvalue weighted by atomic mass is 9.94. The van der Waals surface area contributed by atoms with E-state index in [0.29, 0.717) is 12.2 Å². The number of halogens is 2. The van der Waals surface area contributed by atoms with E-state index in [9.17, 15) is 18.4 Å². The van der Waals surface area contributed by atoms with E-state index in [4.69, 9.17) is 0 Å². The fourth-order valence-electron chi connectivity index (χ4n) is 2.91. The van der Waals surface area contributed by atoms with E-state index >= 15 is 0 Å². The van der Waals surface area contributed by atoms with E-state index in [-0.39, 0.29) is 11.5 Å². The summed E-state index contributed by atoms with van der Waals surface area (Å²) >= 11 is 0. The van der Waals surface area contributed by atoms with Crippen molar-refractivity contribution in [3.63, 3.8) is 0 Å². The average molecular weight is 358 g/mol. The van der Waals surface area contributed by atoms with Crippen molar-refractivity contribution in [1.82, 2.24) is 0 Å². The molecule has 0 atom stereocenters. The van der Waals surface area contributed by atoms with Crippen molar-refractivity contribution in [2.75, 3.05) is 16.8 Å². The quantitative estimate of drug-likeness (QED) is 0.877. The summed E-state index contributed by atoms with van der Waals surface area (Å²) in [5, 5.41) is 2.67. The lowest BCUT2D eigenvalue weighted by molar-refractivity contribution is -0.125. The highest BCUT2D eigenvalue weighted by atomic mass is 19.2. The van der Waals surface area contributed by atoms with Crippen molar-refractivity contribution in [2.24, 2.45) is 5.41 Å². The van der Waals surface area contributed by atoms with Crippen molar-refractivity contribution in [3.05, 3.63) is 59.2 Å². The first-order valence-corrected chi connectivity index (χ1v) is 8.38. The topological polar surface area (TPSA) is 49.4 Å². The van der Waals surface area contributed by atoms with Crippen LogP contribution in [0.1, 0.15) is 36.7 Å². The summed E-state index contributed by atoms with van der Waals surface area (Å²) in [6, 6.07) is 8.33. The third-order valence-electron chi connectivity index (χ3n) is 4.31. The first-order valence-electron chi connectivity index (χ1n) is 8.38. The highest BCUT2D eigenvalue weighted by Gasteiger charge is 2.32. The Balaban J connectivity index is 1.84. The Hall–Kier alpha value is -2.76. The van der Waals surface area contributed by atoms with Gasteiger partial charge in [-0.05, 0) is 42.3 Å². The minimum atomic E-state index is -1.08. The van der Waals surface area contributed by atoms with E-state index < -0.39 is 23.0 Å². The Labute approximate surface area is 150 Å². The number of nitrogens with zero attached hydrogens (tertiary/aromatic N) is 1. The van der Waals surface area contributed by atoms with Gasteiger partial charge >= 0.3 is 0 Å². The summed E-state index contributed by atoms with van der Waals surface area (Å²) in [6.45, 7) is 6.19. The summed E-state index contributed by atoms with van der Waals surface area (Å²) in [4.78, 5) is 26.6. The Kier molecular flexibility index (Phi) is 4.52. The van der Waals surface area contributed by atoms with E-state index in [1.165, 1.54) is 6.07 Å². The van der Waals surface area contributed by atoms with Crippen LogP contribution in [-0.2, 0) is 11.2 Å². The number of nitrogens with one attached hydrogen (secondary N) is 1. The van der Waals surface area contributed by atoms with Crippen LogP contribution in [0.4, 0.5) is 20.2 Å². The number of anilines is 2. The van der Waals surface area contributed by atoms with Crippen molar-refractivity contribution >= 4 is 23.2 Å². The van der Waals surface area contributed by atoms with Gasteiger partial charge in [-0.25, -0.2) is 8.78 Å². The van der Waals surface area contributed by atoms with E-state index in [2.05, 4.69) is 5.32 Å². The molecule has 0 saturated carbocycles. The molecule has 2 aromatic carbocycles. The zero-order valence-electron chi connectivity index (χ0n) is 14.9. The van der Waals surface area contributed by atoms with Crippen molar-refractivity contribution in [1.29, 1.82) is 0 Å². The number of fused-ring (bicyclic) bond motifs is 1. The molecule has 1 aliphatic heterocycles. The summed E-state index contributed by atoms with van der Waals surface area (Å²) in [7, 11) is 0. The first-order chi connectivity index (χ1) is 12.2. The fourth-order valence-corrected chi connectivity index (χ4v) is 2.91. The van der Waals surface area contributed by atoms with Crippen LogP contribution in [0.25, 0.3) is 0 Å². The number of rotatable bonds is 2. The summed E-state index contributed by atoms with van der Waals surface area (Å²) in [5.74, 6) is -2.61. The minimum absolute atomic E-state index is 0.0142. The lowest BCUT2D eigenvalue weighted by Crippen LogP contribution is -2.38. The zero-order chi connectivity index (χ0) is 19.1. The van der Waals surface area contributed by atoms with E-state index in [0.717, 1.165) is 29.8 Å². The van der Waals surface area contributed by atoms with Gasteiger partial charge in [0.25, 0.3) is 5.91 Å². The fraction of sp³-hybridized carbons (Fsp3) is 0.300. The third-order valence-corrected chi connectivity index (χ3v) is 4.31. The monoisotopic (exact) mass is 358 g/mol. The van der Waals surface area contributed by atoms with Crippen molar-refractivity contribution in [2.45, 2.75) is 27.2 Å². The predicted molar refractivity (Wildman–Crippen MR) is 96.3 cm³/mol. The van der Waals surface area contributed by atoms with Crippen LogP contribution < -0.4 is 10.2 Å². The highest BCUT2D eigenvalue weighted by molar-refractivity contribution is 6.05. The lowest BCUT2D eigenvalue weighted by Gasteiger charge is -2.26. The van der Waals surface area contributed by atoms with Gasteiger partial charge in [0.05, 0.1) is 0 Å². The number of carbonyl (C=O) groups excluding carboxylic acids is 2. The summed E-state index contributed by atoms with van der Waals surface area (Å²) in [5.41, 5.74) is 1.81. The molecule has 0 aliphatic carbocycles. The Morgan fingerprint density at radius 2 is 1.77 bits per heavy atom. The molecule has 136 valence electrons. The molecule has 0 radical (unpaired) electrons. The molecule has 0 bridgehead atoms. The Morgan fingerprint density at radius 3 is 2.42 bits per heavy atom. The average Bonchev–Trinajstić information content (AvgIpc) is 2.98. The molecule has 3 rings (SSSR count). The Morgan fingerprint density at radius 1 is 1.04 bits per heavy atom. The largest absolute Gasteiger partial charge is 0.322 e. The zero-order valence-corrected chi connectivity index (χ0v) is 14.9. The van der Waals surface area contributed by atoms with Crippen LogP contribution in [0.2, 0.25) is 0 Å². The molecular weight excluding hydrogens is 338 g/mol. The maximum atomic E-state index is 13.3. The third kappa shape index (κ3) is 3.45. The molecule has 1 heterocycles. The van der Waals surface area contributed by atoms with Gasteiger partial charge < -0.3 is 10.2 Å². The maximum absolute atomic E-state index is 13.3. The second-order valence-corrected chi connectivity index (χ2v) is 7.38. The minimum Gasteiger partial charge on any atom is -0.322 e. The van der Waals surface area contributed by atoms with Crippen LogP contribution in [0.15, 0.2) is 36.4 Å². The summed E-state index contributed by atoms with van der Waals surface area (Å²) < 4.78 is 26.3. The molecular formula is C20H20F2N2O2. The second kappa shape index (κ2) is 6.52. The van der Waals surface area contributed by atoms with Crippen LogP contribution in [0.3, 0.4) is 0 Å². The molecule has 0 aromatic heterocycles. The van der Waals surface area contributed by atoms with Crippen LogP contribution in [0, 0.1) is 17.0 Å². The molecule has 0 saturated heterocycles. The molecule has 0 spiro atoms. The standard InChI is InChI=1S/C20H20F2N2O2/c1-20(2,3)19(26)24-9-8-12-4-6-14(11-17(12)24)23-18(25)13-5-7-15(21)16(22)10-13/h4-7,10-11H,8-9H2,1-3H3,(H,23,25).